The Bertz CT molecular complexity index is 1320. The minimum absolute atomic E-state index is 0.0606. The number of imide groups is 2. The van der Waals surface area contributed by atoms with Gasteiger partial charge >= 0.3 is 0 Å². The molecule has 0 aliphatic carbocycles. The summed E-state index contributed by atoms with van der Waals surface area (Å²) < 4.78 is 15.3. The van der Waals surface area contributed by atoms with Crippen LogP contribution in [-0.4, -0.2) is 65.0 Å². The molecule has 1 atom stereocenters. The number of hydrogen-bond donors (Lipinski definition) is 2. The van der Waals surface area contributed by atoms with Crippen LogP contribution in [0.5, 0.6) is 0 Å². The minimum atomic E-state index is -1.37. The van der Waals surface area contributed by atoms with Gasteiger partial charge in [-0.1, -0.05) is 36.8 Å². The van der Waals surface area contributed by atoms with E-state index >= 15 is 4.39 Å². The maximum atomic E-state index is 15.3. The number of alkyl halides is 1. The molecule has 3 aliphatic rings. The van der Waals surface area contributed by atoms with Crippen molar-refractivity contribution < 1.29 is 28.4 Å². The molecule has 3 heterocycles. The second-order valence-electron chi connectivity index (χ2n) is 10.7. The highest BCUT2D eigenvalue weighted by Crippen LogP contribution is 2.37. The Morgan fingerprint density at radius 1 is 0.950 bits per heavy atom. The number of nitrogens with zero attached hydrogens (tertiary/aromatic N) is 2. The van der Waals surface area contributed by atoms with E-state index in [2.05, 4.69) is 10.6 Å². The average molecular weight is 549 g/mol. The molecule has 5 rings (SSSR count). The zero-order chi connectivity index (χ0) is 28.3. The summed E-state index contributed by atoms with van der Waals surface area (Å²) in [4.78, 5) is 64.8. The van der Waals surface area contributed by atoms with Gasteiger partial charge in [-0.3, -0.25) is 34.2 Å². The number of piperidine rings is 2. The molecule has 5 amide bonds. The van der Waals surface area contributed by atoms with E-state index in [0.717, 1.165) is 24.2 Å². The van der Waals surface area contributed by atoms with E-state index in [1.54, 1.807) is 23.1 Å². The van der Waals surface area contributed by atoms with Crippen LogP contribution in [0.1, 0.15) is 77.6 Å². The summed E-state index contributed by atoms with van der Waals surface area (Å²) in [5.41, 5.74) is 0.465. The van der Waals surface area contributed by atoms with Crippen molar-refractivity contribution >= 4 is 35.2 Å². The number of anilines is 1. The number of halogens is 1. The van der Waals surface area contributed by atoms with Crippen LogP contribution in [0.25, 0.3) is 0 Å². The first kappa shape index (κ1) is 27.5. The number of hydrogen-bond acceptors (Lipinski definition) is 6. The third kappa shape index (κ3) is 5.61. The first-order chi connectivity index (χ1) is 19.3. The van der Waals surface area contributed by atoms with Gasteiger partial charge in [0.1, 0.15) is 11.7 Å². The van der Waals surface area contributed by atoms with Crippen molar-refractivity contribution in [3.63, 3.8) is 0 Å². The van der Waals surface area contributed by atoms with Crippen LogP contribution in [0, 0.1) is 0 Å². The van der Waals surface area contributed by atoms with Crippen molar-refractivity contribution in [1.29, 1.82) is 0 Å². The van der Waals surface area contributed by atoms with E-state index in [0.29, 0.717) is 50.1 Å². The molecule has 0 radical (unpaired) electrons. The van der Waals surface area contributed by atoms with Crippen LogP contribution < -0.4 is 10.6 Å². The average Bonchev–Trinajstić information content (AvgIpc) is 3.20. The lowest BCUT2D eigenvalue weighted by Crippen LogP contribution is -2.54. The summed E-state index contributed by atoms with van der Waals surface area (Å²) in [6, 6.07) is 13.1. The summed E-state index contributed by atoms with van der Waals surface area (Å²) >= 11 is 0. The number of unbranched alkanes of at least 4 members (excludes halogenated alkanes) is 2. The smallest absolute Gasteiger partial charge is 0.262 e. The lowest BCUT2D eigenvalue weighted by molar-refractivity contribution is -0.136. The molecule has 0 bridgehead atoms. The predicted octanol–water partition coefficient (Wildman–Crippen LogP) is 3.55. The van der Waals surface area contributed by atoms with Gasteiger partial charge < -0.3 is 10.2 Å². The molecule has 2 aromatic rings. The largest absolute Gasteiger partial charge is 0.385 e. The highest BCUT2D eigenvalue weighted by Gasteiger charge is 2.44. The Morgan fingerprint density at radius 3 is 2.40 bits per heavy atom. The van der Waals surface area contributed by atoms with Crippen LogP contribution in [0.4, 0.5) is 10.1 Å². The SMILES string of the molecule is O=C1CCC(N2C(=O)c3ccc(NCCCCCC(=O)N4CCC(F)(c5ccccc5)CC4)cc3C2=O)C(=O)N1. The summed E-state index contributed by atoms with van der Waals surface area (Å²) in [6.45, 7) is 1.47. The van der Waals surface area contributed by atoms with Crippen molar-refractivity contribution in [3.05, 3.63) is 65.2 Å². The van der Waals surface area contributed by atoms with Gasteiger partial charge in [-0.05, 0) is 43.0 Å². The number of carbonyl (C=O) groups is 5. The van der Waals surface area contributed by atoms with Gasteiger partial charge in [0.15, 0.2) is 0 Å². The number of amides is 5. The molecule has 2 fully saturated rings. The minimum Gasteiger partial charge on any atom is -0.385 e. The molecular weight excluding hydrogens is 515 g/mol. The number of nitrogens with one attached hydrogen (secondary N) is 2. The van der Waals surface area contributed by atoms with Crippen LogP contribution in [0.3, 0.4) is 0 Å². The molecule has 210 valence electrons. The second-order valence-corrected chi connectivity index (χ2v) is 10.7. The molecule has 0 saturated carbocycles. The molecule has 3 aliphatic heterocycles. The van der Waals surface area contributed by atoms with Crippen LogP contribution in [0.15, 0.2) is 48.5 Å². The van der Waals surface area contributed by atoms with Gasteiger partial charge in [0.05, 0.1) is 11.1 Å². The summed E-state index contributed by atoms with van der Waals surface area (Å²) in [5, 5.41) is 5.44. The lowest BCUT2D eigenvalue weighted by atomic mass is 9.86. The van der Waals surface area contributed by atoms with Crippen molar-refractivity contribution in [3.8, 4) is 0 Å². The van der Waals surface area contributed by atoms with Crippen molar-refractivity contribution in [2.75, 3.05) is 25.0 Å². The normalized spacial score (nSPS) is 20.4. The summed E-state index contributed by atoms with van der Waals surface area (Å²) in [5.74, 6) is -2.05. The van der Waals surface area contributed by atoms with Crippen LogP contribution in [-0.2, 0) is 20.1 Å². The number of rotatable bonds is 9. The van der Waals surface area contributed by atoms with E-state index in [4.69, 9.17) is 0 Å². The number of likely N-dealkylation sites (tertiary alicyclic amines) is 1. The van der Waals surface area contributed by atoms with Gasteiger partial charge in [-0.25, -0.2) is 4.39 Å². The fraction of sp³-hybridized carbons (Fsp3) is 0.433. The quantitative estimate of drug-likeness (QED) is 0.366. The Labute approximate surface area is 232 Å². The highest BCUT2D eigenvalue weighted by atomic mass is 19.1. The summed E-state index contributed by atoms with van der Waals surface area (Å²) in [6.07, 6.45) is 3.61. The Balaban J connectivity index is 1.03. The monoisotopic (exact) mass is 548 g/mol. The molecule has 0 spiro atoms. The molecule has 2 saturated heterocycles. The van der Waals surface area contributed by atoms with E-state index in [1.807, 2.05) is 30.3 Å². The topological polar surface area (TPSA) is 116 Å². The molecule has 2 N–H and O–H groups in total. The molecule has 2 aromatic carbocycles. The number of carbonyl (C=O) groups excluding carboxylic acids is 5. The molecule has 10 heteroatoms. The standard InChI is InChI=1S/C30H33FN4O5/c31-30(20-7-3-1-4-8-20)14-17-34(18-15-30)26(37)9-5-2-6-16-32-21-10-11-22-23(19-21)29(40)35(28(22)39)24-12-13-25(36)33-27(24)38/h1,3-4,7-8,10-11,19,24,32H,2,5-6,9,12-18H2,(H,33,36,38). The molecule has 1 unspecified atom stereocenters. The number of benzene rings is 2. The van der Waals surface area contributed by atoms with Crippen molar-refractivity contribution in [1.82, 2.24) is 15.1 Å². The van der Waals surface area contributed by atoms with Gasteiger partial charge in [0.25, 0.3) is 11.8 Å². The predicted molar refractivity (Wildman–Crippen MR) is 145 cm³/mol. The van der Waals surface area contributed by atoms with E-state index in [-0.39, 0.29) is 29.9 Å². The highest BCUT2D eigenvalue weighted by molar-refractivity contribution is 6.23. The van der Waals surface area contributed by atoms with Crippen LogP contribution >= 0.6 is 0 Å². The zero-order valence-corrected chi connectivity index (χ0v) is 22.3. The maximum Gasteiger partial charge on any atom is 0.262 e. The first-order valence-corrected chi connectivity index (χ1v) is 13.9. The third-order valence-electron chi connectivity index (χ3n) is 8.04. The van der Waals surface area contributed by atoms with Gasteiger partial charge in [0, 0.05) is 51.0 Å². The molecule has 40 heavy (non-hydrogen) atoms. The lowest BCUT2D eigenvalue weighted by Gasteiger charge is -2.36. The van der Waals surface area contributed by atoms with Gasteiger partial charge in [0.2, 0.25) is 17.7 Å². The fourth-order valence-corrected chi connectivity index (χ4v) is 5.69. The first-order valence-electron chi connectivity index (χ1n) is 13.9. The van der Waals surface area contributed by atoms with Crippen LogP contribution in [0.2, 0.25) is 0 Å². The van der Waals surface area contributed by atoms with E-state index in [9.17, 15) is 24.0 Å². The number of fused-ring (bicyclic) bond motifs is 1. The van der Waals surface area contributed by atoms with E-state index in [1.165, 1.54) is 0 Å². The Morgan fingerprint density at radius 2 is 1.68 bits per heavy atom. The fourth-order valence-electron chi connectivity index (χ4n) is 5.69. The third-order valence-corrected chi connectivity index (χ3v) is 8.04. The molecule has 9 nitrogen and oxygen atoms in total. The van der Waals surface area contributed by atoms with Crippen molar-refractivity contribution in [2.45, 2.75) is 63.1 Å². The van der Waals surface area contributed by atoms with Crippen molar-refractivity contribution in [2.24, 2.45) is 0 Å². The Kier molecular flexibility index (Phi) is 7.95. The second kappa shape index (κ2) is 11.6. The zero-order valence-electron chi connectivity index (χ0n) is 22.3. The molecule has 0 aromatic heterocycles. The summed E-state index contributed by atoms with van der Waals surface area (Å²) in [7, 11) is 0. The molecular formula is C30H33FN4O5. The maximum absolute atomic E-state index is 15.3. The Hall–Kier alpha value is -4.08. The van der Waals surface area contributed by atoms with Gasteiger partial charge in [-0.15, -0.1) is 0 Å². The van der Waals surface area contributed by atoms with E-state index < -0.39 is 35.3 Å². The van der Waals surface area contributed by atoms with Gasteiger partial charge in [-0.2, -0.15) is 0 Å².